The minimum absolute atomic E-state index is 0.0513. The van der Waals surface area contributed by atoms with Crippen molar-refractivity contribution < 1.29 is 38.6 Å². The van der Waals surface area contributed by atoms with Gasteiger partial charge in [0, 0.05) is 30.5 Å². The first kappa shape index (κ1) is 31.0. The smallest absolute Gasteiger partial charge is 0.431 e. The number of hydrogen-bond acceptors (Lipinski definition) is 14. The zero-order valence-corrected chi connectivity index (χ0v) is 25.2. The number of thiazole rings is 1. The third-order valence-electron chi connectivity index (χ3n) is 7.07. The number of rotatable bonds is 9. The summed E-state index contributed by atoms with van der Waals surface area (Å²) in [5, 5.41) is 16.0. The molecule has 2 aromatic heterocycles. The first-order valence-electron chi connectivity index (χ1n) is 13.8. The number of ether oxygens (including phenoxy) is 3. The number of allylic oxidation sites excluding steroid dienone is 1. The molecule has 2 aromatic rings. The average molecular weight is 643 g/mol. The summed E-state index contributed by atoms with van der Waals surface area (Å²) in [4.78, 5) is 61.3. The number of thioether (sulfide) groups is 1. The van der Waals surface area contributed by atoms with E-state index in [4.69, 9.17) is 19.9 Å². The number of pyridine rings is 1. The Hall–Kier alpha value is -4.44. The lowest BCUT2D eigenvalue weighted by atomic mass is 9.98. The van der Waals surface area contributed by atoms with Crippen LogP contribution >= 0.6 is 23.1 Å². The summed E-state index contributed by atoms with van der Waals surface area (Å²) in [6, 6.07) is 2.55. The molecule has 0 aromatic carbocycles. The van der Waals surface area contributed by atoms with Gasteiger partial charge in [-0.1, -0.05) is 29.8 Å². The van der Waals surface area contributed by atoms with Crippen LogP contribution in [0.5, 0.6) is 0 Å². The van der Waals surface area contributed by atoms with Gasteiger partial charge in [0.25, 0.3) is 11.8 Å². The standard InChI is InChI=1S/C28H30N6O8S2/c1-15(41-28(38)42-18-7-3-2-4-8-18)40-26(37)22-17(10-9-16-6-5-11-30-12-16)13-43-25-21(24(36)34(22)25)32-23(35)20(33-39)19-14-44-27(29)31-19/h5-6,9-12,14-15,18,21,25,39H,2-4,7-8,13H2,1H3,(H2,29,31)(H,32,35)/b10-9-,33-20?/t15-,21-,25-/m1/s1. The van der Waals surface area contributed by atoms with Gasteiger partial charge in [0.05, 0.1) is 0 Å². The Bertz CT molecular complexity index is 1500. The van der Waals surface area contributed by atoms with Crippen molar-refractivity contribution in [1.29, 1.82) is 0 Å². The molecule has 4 N–H and O–H groups in total. The molecule has 232 valence electrons. The number of nitrogens with one attached hydrogen (secondary N) is 1. The molecule has 1 aliphatic carbocycles. The van der Waals surface area contributed by atoms with E-state index in [1.54, 1.807) is 30.6 Å². The van der Waals surface area contributed by atoms with E-state index in [2.05, 4.69) is 20.4 Å². The molecule has 44 heavy (non-hydrogen) atoms. The topological polar surface area (TPSA) is 196 Å². The van der Waals surface area contributed by atoms with Gasteiger partial charge in [-0.05, 0) is 42.9 Å². The zero-order chi connectivity index (χ0) is 31.2. The van der Waals surface area contributed by atoms with E-state index in [0.29, 0.717) is 5.57 Å². The Morgan fingerprint density at radius 1 is 1.23 bits per heavy atom. The lowest BCUT2D eigenvalue weighted by molar-refractivity contribution is -0.169. The largest absolute Gasteiger partial charge is 0.511 e. The Labute approximate surface area is 260 Å². The van der Waals surface area contributed by atoms with E-state index in [0.717, 1.165) is 49.0 Å². The number of carbonyl (C=O) groups is 4. The van der Waals surface area contributed by atoms with E-state index in [1.807, 2.05) is 6.07 Å². The highest BCUT2D eigenvalue weighted by Crippen LogP contribution is 2.41. The Balaban J connectivity index is 1.31. The summed E-state index contributed by atoms with van der Waals surface area (Å²) in [5.41, 5.74) is 6.45. The summed E-state index contributed by atoms with van der Waals surface area (Å²) in [7, 11) is 0. The van der Waals surface area contributed by atoms with Crippen molar-refractivity contribution in [2.24, 2.45) is 5.16 Å². The second kappa shape index (κ2) is 13.9. The number of anilines is 1. The number of fused-ring (bicyclic) bond motifs is 1. The van der Waals surface area contributed by atoms with E-state index in [9.17, 15) is 24.4 Å². The molecule has 2 aliphatic heterocycles. The van der Waals surface area contributed by atoms with Crippen LogP contribution in [0.25, 0.3) is 6.08 Å². The van der Waals surface area contributed by atoms with Gasteiger partial charge in [-0.2, -0.15) is 0 Å². The molecular formula is C28H30N6O8S2. The predicted molar refractivity (Wildman–Crippen MR) is 160 cm³/mol. The van der Waals surface area contributed by atoms with Crippen molar-refractivity contribution in [1.82, 2.24) is 20.2 Å². The van der Waals surface area contributed by atoms with Gasteiger partial charge in [0.2, 0.25) is 6.29 Å². The third-order valence-corrected chi connectivity index (χ3v) is 9.05. The lowest BCUT2D eigenvalue weighted by Gasteiger charge is -2.49. The van der Waals surface area contributed by atoms with Crippen LogP contribution < -0.4 is 11.1 Å². The van der Waals surface area contributed by atoms with Gasteiger partial charge >= 0.3 is 12.1 Å². The number of carbonyl (C=O) groups excluding carboxylic acids is 4. The van der Waals surface area contributed by atoms with Gasteiger partial charge < -0.3 is 30.5 Å². The molecule has 3 atom stereocenters. The fourth-order valence-corrected chi connectivity index (χ4v) is 6.83. The highest BCUT2D eigenvalue weighted by Gasteiger charge is 2.54. The Morgan fingerprint density at radius 3 is 2.70 bits per heavy atom. The number of nitrogen functional groups attached to an aromatic ring is 1. The molecule has 5 rings (SSSR count). The quantitative estimate of drug-likeness (QED) is 0.0905. The van der Waals surface area contributed by atoms with Gasteiger partial charge in [-0.3, -0.25) is 19.5 Å². The summed E-state index contributed by atoms with van der Waals surface area (Å²) in [5.74, 6) is -2.04. The van der Waals surface area contributed by atoms with Crippen LogP contribution in [0.3, 0.4) is 0 Å². The van der Waals surface area contributed by atoms with Crippen molar-refractivity contribution in [2.45, 2.75) is 62.8 Å². The second-order valence-corrected chi connectivity index (χ2v) is 12.1. The summed E-state index contributed by atoms with van der Waals surface area (Å²) >= 11 is 2.37. The predicted octanol–water partition coefficient (Wildman–Crippen LogP) is 3.04. The molecule has 2 amide bonds. The molecule has 0 radical (unpaired) electrons. The number of nitrogens with zero attached hydrogens (tertiary/aromatic N) is 4. The van der Waals surface area contributed by atoms with Crippen LogP contribution in [-0.2, 0) is 28.6 Å². The third kappa shape index (κ3) is 7.02. The summed E-state index contributed by atoms with van der Waals surface area (Å²) < 4.78 is 16.0. The number of nitrogens with two attached hydrogens (primary N) is 1. The molecule has 0 spiro atoms. The normalized spacial score (nSPS) is 21.3. The van der Waals surface area contributed by atoms with Gasteiger partial charge in [-0.25, -0.2) is 14.6 Å². The highest BCUT2D eigenvalue weighted by atomic mass is 32.2. The first-order valence-corrected chi connectivity index (χ1v) is 15.8. The number of β-lactam (4-membered cyclic amide) rings is 1. The average Bonchev–Trinajstić information content (AvgIpc) is 3.44. The molecule has 2 fully saturated rings. The van der Waals surface area contributed by atoms with Crippen molar-refractivity contribution in [3.63, 3.8) is 0 Å². The van der Waals surface area contributed by atoms with Gasteiger partial charge in [0.15, 0.2) is 10.8 Å². The van der Waals surface area contributed by atoms with Gasteiger partial charge in [-0.15, -0.1) is 23.1 Å². The molecule has 14 nitrogen and oxygen atoms in total. The molecular weight excluding hydrogens is 612 g/mol. The number of aromatic nitrogens is 2. The molecule has 0 unspecified atom stereocenters. The van der Waals surface area contributed by atoms with E-state index in [-0.39, 0.29) is 28.4 Å². The SMILES string of the molecule is C[C@@H](OC(=O)OC1CCCCC1)OC(=O)C1=C(/C=C\c2cccnc2)CS[C@@H]2[C@H](NC(=O)C(=NO)c3csc(N)n3)C(=O)N12. The van der Waals surface area contributed by atoms with Crippen LogP contribution in [-0.4, -0.2) is 79.3 Å². The molecule has 1 saturated carbocycles. The molecule has 0 bridgehead atoms. The summed E-state index contributed by atoms with van der Waals surface area (Å²) in [6.07, 6.45) is 8.72. The maximum absolute atomic E-state index is 13.5. The molecule has 4 heterocycles. The monoisotopic (exact) mass is 642 g/mol. The van der Waals surface area contributed by atoms with Crippen LogP contribution in [0.15, 0.2) is 52.4 Å². The van der Waals surface area contributed by atoms with E-state index < -0.39 is 47.4 Å². The number of oxime groups is 1. The maximum atomic E-state index is 13.5. The van der Waals surface area contributed by atoms with Crippen LogP contribution in [0, 0.1) is 0 Å². The highest BCUT2D eigenvalue weighted by molar-refractivity contribution is 8.00. The second-order valence-electron chi connectivity index (χ2n) is 10.1. The Morgan fingerprint density at radius 2 is 2.02 bits per heavy atom. The van der Waals surface area contributed by atoms with E-state index >= 15 is 0 Å². The van der Waals surface area contributed by atoms with Crippen molar-refractivity contribution in [3.05, 3.63) is 58.5 Å². The van der Waals surface area contributed by atoms with Crippen LogP contribution in [0.1, 0.15) is 50.3 Å². The fraction of sp³-hybridized carbons (Fsp3) is 0.393. The molecule has 3 aliphatic rings. The minimum atomic E-state index is -1.30. The first-order chi connectivity index (χ1) is 21.2. The van der Waals surface area contributed by atoms with Crippen molar-refractivity contribution >= 4 is 64.0 Å². The maximum Gasteiger partial charge on any atom is 0.511 e. The fourth-order valence-electron chi connectivity index (χ4n) is 4.96. The molecule has 1 saturated heterocycles. The van der Waals surface area contributed by atoms with Crippen LogP contribution in [0.2, 0.25) is 0 Å². The van der Waals surface area contributed by atoms with Crippen molar-refractivity contribution in [3.8, 4) is 0 Å². The zero-order valence-electron chi connectivity index (χ0n) is 23.6. The molecule has 16 heteroatoms. The van der Waals surface area contributed by atoms with Crippen molar-refractivity contribution in [2.75, 3.05) is 11.5 Å². The number of esters is 1. The van der Waals surface area contributed by atoms with E-state index in [1.165, 1.54) is 29.0 Å². The number of amides is 2. The Kier molecular flexibility index (Phi) is 9.79. The number of hydrogen-bond donors (Lipinski definition) is 3. The lowest BCUT2D eigenvalue weighted by Crippen LogP contribution is -2.71. The summed E-state index contributed by atoms with van der Waals surface area (Å²) in [6.45, 7) is 1.38. The van der Waals surface area contributed by atoms with Gasteiger partial charge in [0.1, 0.15) is 28.9 Å². The van der Waals surface area contributed by atoms with Crippen LogP contribution in [0.4, 0.5) is 9.93 Å². The minimum Gasteiger partial charge on any atom is -0.431 e.